The number of benzene rings is 3. The average Bonchev–Trinajstić information content (AvgIpc) is 3.48. The van der Waals surface area contributed by atoms with Crippen molar-refractivity contribution in [1.82, 2.24) is 15.2 Å². The summed E-state index contributed by atoms with van der Waals surface area (Å²) in [5.74, 6) is -4.51. The van der Waals surface area contributed by atoms with Crippen LogP contribution in [0.15, 0.2) is 103 Å². The van der Waals surface area contributed by atoms with Gasteiger partial charge in [-0.1, -0.05) is 72.8 Å². The highest BCUT2D eigenvalue weighted by molar-refractivity contribution is 6.09. The van der Waals surface area contributed by atoms with Gasteiger partial charge in [-0.15, -0.1) is 0 Å². The molecule has 0 radical (unpaired) electrons. The van der Waals surface area contributed by atoms with Crippen molar-refractivity contribution in [2.24, 2.45) is 11.8 Å². The first-order valence-corrected chi connectivity index (χ1v) is 13.4. The van der Waals surface area contributed by atoms with Gasteiger partial charge in [0, 0.05) is 30.8 Å². The van der Waals surface area contributed by atoms with Gasteiger partial charge in [0.1, 0.15) is 5.54 Å². The molecule has 10 heteroatoms. The lowest BCUT2D eigenvalue weighted by Gasteiger charge is -2.31. The Morgan fingerprint density at radius 3 is 2.19 bits per heavy atom. The normalized spacial score (nSPS) is 23.1. The molecule has 0 saturated carbocycles. The molecular weight excluding hydrogens is 536 g/mol. The highest BCUT2D eigenvalue weighted by Crippen LogP contribution is 2.50. The molecule has 10 nitrogen and oxygen atoms in total. The fourth-order valence-electron chi connectivity index (χ4n) is 6.16. The maximum absolute atomic E-state index is 14.0. The Labute approximate surface area is 240 Å². The van der Waals surface area contributed by atoms with E-state index >= 15 is 0 Å². The van der Waals surface area contributed by atoms with Crippen molar-refractivity contribution in [1.29, 1.82) is 0 Å². The van der Waals surface area contributed by atoms with E-state index < -0.39 is 46.1 Å². The second-order valence-corrected chi connectivity index (χ2v) is 10.6. The van der Waals surface area contributed by atoms with Crippen LogP contribution in [0, 0.1) is 22.0 Å². The number of pyridine rings is 1. The van der Waals surface area contributed by atoms with Crippen LogP contribution in [0.2, 0.25) is 0 Å². The van der Waals surface area contributed by atoms with Crippen LogP contribution in [0.1, 0.15) is 22.9 Å². The summed E-state index contributed by atoms with van der Waals surface area (Å²) in [7, 11) is 0. The molecule has 210 valence electrons. The summed E-state index contributed by atoms with van der Waals surface area (Å²) in [5, 5.41) is 25.0. The second-order valence-electron chi connectivity index (χ2n) is 10.6. The molecule has 0 aliphatic carbocycles. The molecule has 4 atom stereocenters. The summed E-state index contributed by atoms with van der Waals surface area (Å²) < 4.78 is 0. The van der Waals surface area contributed by atoms with Crippen molar-refractivity contribution in [3.63, 3.8) is 0 Å². The Hall–Kier alpha value is -5.22. The van der Waals surface area contributed by atoms with Crippen molar-refractivity contribution in [2.75, 3.05) is 0 Å². The third-order valence-electron chi connectivity index (χ3n) is 8.18. The van der Waals surface area contributed by atoms with Gasteiger partial charge in [0.05, 0.1) is 29.0 Å². The van der Waals surface area contributed by atoms with Crippen LogP contribution in [0.25, 0.3) is 11.1 Å². The quantitative estimate of drug-likeness (QED) is 0.185. The van der Waals surface area contributed by atoms with E-state index in [1.807, 2.05) is 54.6 Å². The minimum atomic E-state index is -1.84. The van der Waals surface area contributed by atoms with E-state index in [1.165, 1.54) is 24.3 Å². The van der Waals surface area contributed by atoms with Gasteiger partial charge >= 0.3 is 5.97 Å². The molecule has 3 aromatic carbocycles. The number of aromatic nitrogens is 1. The number of non-ortho nitro benzene ring substituents is 1. The fourth-order valence-corrected chi connectivity index (χ4v) is 6.16. The lowest BCUT2D eigenvalue weighted by molar-refractivity contribution is -0.384. The van der Waals surface area contributed by atoms with E-state index in [2.05, 4.69) is 10.3 Å². The van der Waals surface area contributed by atoms with Crippen molar-refractivity contribution in [2.45, 2.75) is 24.5 Å². The molecular formula is C32H26N4O6. The number of carbonyl (C=O) groups is 3. The van der Waals surface area contributed by atoms with E-state index in [9.17, 15) is 29.6 Å². The molecule has 2 aliphatic heterocycles. The molecule has 2 saturated heterocycles. The van der Waals surface area contributed by atoms with Gasteiger partial charge in [-0.3, -0.25) is 39.7 Å². The minimum Gasteiger partial charge on any atom is -0.480 e. The SMILES string of the molecule is O=C1C2C(c3ccc(-c4ccccc4)cc3)NC(Cc3ccc([N+](=O)[O-])cc3)(C(=O)O)C2C(=O)N1Cc1ccccn1. The number of amides is 2. The highest BCUT2D eigenvalue weighted by atomic mass is 16.6. The van der Waals surface area contributed by atoms with Crippen molar-refractivity contribution in [3.8, 4) is 11.1 Å². The Morgan fingerprint density at radius 1 is 0.905 bits per heavy atom. The minimum absolute atomic E-state index is 0.0710. The average molecular weight is 563 g/mol. The highest BCUT2D eigenvalue weighted by Gasteiger charge is 2.68. The van der Waals surface area contributed by atoms with Crippen LogP contribution in [0.5, 0.6) is 0 Å². The van der Waals surface area contributed by atoms with Gasteiger partial charge in [-0.05, 0) is 34.4 Å². The monoisotopic (exact) mass is 562 g/mol. The predicted octanol–water partition coefficient (Wildman–Crippen LogP) is 4.17. The van der Waals surface area contributed by atoms with Gasteiger partial charge in [-0.25, -0.2) is 0 Å². The summed E-state index contributed by atoms with van der Waals surface area (Å²) >= 11 is 0. The zero-order valence-corrected chi connectivity index (χ0v) is 22.3. The number of carbonyl (C=O) groups excluding carboxylic acids is 2. The smallest absolute Gasteiger partial charge is 0.325 e. The van der Waals surface area contributed by atoms with Crippen LogP contribution in [0.3, 0.4) is 0 Å². The maximum Gasteiger partial charge on any atom is 0.325 e. The number of carboxylic acid groups (broad SMARTS) is 1. The van der Waals surface area contributed by atoms with Crippen LogP contribution < -0.4 is 5.32 Å². The molecule has 0 spiro atoms. The van der Waals surface area contributed by atoms with E-state index in [0.717, 1.165) is 16.0 Å². The molecule has 0 bridgehead atoms. The van der Waals surface area contributed by atoms with Gasteiger partial charge in [0.2, 0.25) is 11.8 Å². The van der Waals surface area contributed by atoms with Gasteiger partial charge in [-0.2, -0.15) is 0 Å². The number of carboxylic acids is 1. The number of nitrogens with one attached hydrogen (secondary N) is 1. The van der Waals surface area contributed by atoms with E-state index in [4.69, 9.17) is 0 Å². The number of likely N-dealkylation sites (tertiary alicyclic amines) is 1. The zero-order chi connectivity index (χ0) is 29.4. The van der Waals surface area contributed by atoms with Gasteiger partial charge in [0.15, 0.2) is 0 Å². The first-order valence-electron chi connectivity index (χ1n) is 13.4. The second kappa shape index (κ2) is 10.6. The Morgan fingerprint density at radius 2 is 1.57 bits per heavy atom. The lowest BCUT2D eigenvalue weighted by atomic mass is 9.76. The van der Waals surface area contributed by atoms with Crippen molar-refractivity contribution < 1.29 is 24.4 Å². The van der Waals surface area contributed by atoms with E-state index in [0.29, 0.717) is 16.8 Å². The number of aliphatic carboxylic acids is 1. The Balaban J connectivity index is 1.41. The van der Waals surface area contributed by atoms with Crippen LogP contribution in [-0.2, 0) is 27.3 Å². The number of nitro groups is 1. The summed E-state index contributed by atoms with van der Waals surface area (Å²) in [5.41, 5.74) is 1.66. The third-order valence-corrected chi connectivity index (χ3v) is 8.18. The van der Waals surface area contributed by atoms with Crippen molar-refractivity contribution >= 4 is 23.5 Å². The fraction of sp³-hybridized carbons (Fsp3) is 0.188. The van der Waals surface area contributed by atoms with Crippen LogP contribution >= 0.6 is 0 Å². The molecule has 2 fully saturated rings. The zero-order valence-electron chi connectivity index (χ0n) is 22.3. The molecule has 2 aliphatic rings. The number of imide groups is 1. The summed E-state index contributed by atoms with van der Waals surface area (Å²) in [6.07, 6.45) is 1.41. The molecule has 2 amide bonds. The first-order chi connectivity index (χ1) is 20.3. The summed E-state index contributed by atoms with van der Waals surface area (Å²) in [6, 6.07) is 27.2. The molecule has 2 N–H and O–H groups in total. The van der Waals surface area contributed by atoms with Gasteiger partial charge < -0.3 is 5.11 Å². The number of fused-ring (bicyclic) bond motifs is 1. The van der Waals surface area contributed by atoms with Gasteiger partial charge in [0.25, 0.3) is 5.69 Å². The maximum atomic E-state index is 14.0. The van der Waals surface area contributed by atoms with Crippen LogP contribution in [0.4, 0.5) is 5.69 Å². The number of nitro benzene ring substituents is 1. The topological polar surface area (TPSA) is 143 Å². The third kappa shape index (κ3) is 4.61. The molecule has 4 unspecified atom stereocenters. The Kier molecular flexibility index (Phi) is 6.83. The number of nitrogens with zero attached hydrogens (tertiary/aromatic N) is 3. The number of rotatable bonds is 8. The summed E-state index contributed by atoms with van der Waals surface area (Å²) in [6.45, 7) is -0.0710. The summed E-state index contributed by atoms with van der Waals surface area (Å²) in [4.78, 5) is 57.0. The largest absolute Gasteiger partial charge is 0.480 e. The molecule has 42 heavy (non-hydrogen) atoms. The standard InChI is InChI=1S/C32H26N4O6/c37-29-26-27(30(38)35(29)19-24-8-4-5-17-33-24)32(31(39)40,18-20-9-15-25(16-10-20)36(41)42)34-28(26)23-13-11-22(12-14-23)21-6-2-1-3-7-21/h1-17,26-28,34H,18-19H2,(H,39,40). The molecule has 1 aromatic heterocycles. The number of hydrogen-bond donors (Lipinski definition) is 2. The molecule has 6 rings (SSSR count). The van der Waals surface area contributed by atoms with Crippen molar-refractivity contribution in [3.05, 3.63) is 130 Å². The molecule has 4 aromatic rings. The van der Waals surface area contributed by atoms with E-state index in [1.54, 1.807) is 24.4 Å². The van der Waals surface area contributed by atoms with E-state index in [-0.39, 0.29) is 18.7 Å². The number of hydrogen-bond acceptors (Lipinski definition) is 7. The first kappa shape index (κ1) is 27.0. The lowest BCUT2D eigenvalue weighted by Crippen LogP contribution is -2.57. The Bertz CT molecular complexity index is 1660. The van der Waals surface area contributed by atoms with Crippen LogP contribution in [-0.4, -0.2) is 43.2 Å². The predicted molar refractivity (Wildman–Crippen MR) is 152 cm³/mol. The molecule has 3 heterocycles.